The second-order valence-electron chi connectivity index (χ2n) is 6.90. The van der Waals surface area contributed by atoms with Crippen LogP contribution in [0.5, 0.6) is 11.5 Å². The molecule has 0 aromatic heterocycles. The van der Waals surface area contributed by atoms with Gasteiger partial charge in [0.1, 0.15) is 11.5 Å². The Hall–Kier alpha value is -2.49. The number of hydrogen-bond acceptors (Lipinski definition) is 3. The zero-order valence-corrected chi connectivity index (χ0v) is 16.7. The first kappa shape index (κ1) is 20.8. The third-order valence-corrected chi connectivity index (χ3v) is 4.12. The molecule has 0 heterocycles. The molecule has 4 heteroatoms. The lowest BCUT2D eigenvalue weighted by atomic mass is 10.1. The van der Waals surface area contributed by atoms with Crippen LogP contribution in [0.1, 0.15) is 63.2 Å². The maximum Gasteiger partial charge on any atom is 0.259 e. The van der Waals surface area contributed by atoms with E-state index >= 15 is 0 Å². The molecule has 1 N–H and O–H groups in total. The van der Waals surface area contributed by atoms with Gasteiger partial charge in [0.15, 0.2) is 0 Å². The standard InChI is InChI=1S/C23H31NO3/c1-4-5-6-7-10-17-26-20-15-13-19(14-16-20)24-23(25)21-11-8-9-12-22(21)27-18(2)3/h8-9,11-16,18H,4-7,10,17H2,1-3H3,(H,24,25). The Morgan fingerprint density at radius 2 is 1.67 bits per heavy atom. The van der Waals surface area contributed by atoms with Crippen LogP contribution in [0.25, 0.3) is 0 Å². The van der Waals surface area contributed by atoms with Crippen LogP contribution in [-0.4, -0.2) is 18.6 Å². The van der Waals surface area contributed by atoms with Gasteiger partial charge in [0.25, 0.3) is 5.91 Å². The first-order valence-electron chi connectivity index (χ1n) is 9.90. The van der Waals surface area contributed by atoms with E-state index in [2.05, 4.69) is 12.2 Å². The molecule has 27 heavy (non-hydrogen) atoms. The van der Waals surface area contributed by atoms with Crippen LogP contribution in [0.2, 0.25) is 0 Å². The minimum atomic E-state index is -0.184. The zero-order chi connectivity index (χ0) is 19.5. The van der Waals surface area contributed by atoms with Crippen molar-refractivity contribution in [1.29, 1.82) is 0 Å². The van der Waals surface area contributed by atoms with Crippen LogP contribution in [0.3, 0.4) is 0 Å². The molecule has 0 aliphatic heterocycles. The average molecular weight is 370 g/mol. The minimum Gasteiger partial charge on any atom is -0.494 e. The molecule has 1 amide bonds. The van der Waals surface area contributed by atoms with E-state index in [0.29, 0.717) is 11.3 Å². The summed E-state index contributed by atoms with van der Waals surface area (Å²) in [5.41, 5.74) is 1.26. The fourth-order valence-electron chi connectivity index (χ4n) is 2.74. The molecule has 0 aliphatic rings. The Morgan fingerprint density at radius 1 is 0.963 bits per heavy atom. The normalized spacial score (nSPS) is 10.7. The summed E-state index contributed by atoms with van der Waals surface area (Å²) in [6.07, 6.45) is 6.11. The number of carbonyl (C=O) groups excluding carboxylic acids is 1. The average Bonchev–Trinajstić information content (AvgIpc) is 2.66. The van der Waals surface area contributed by atoms with Crippen LogP contribution in [0, 0.1) is 0 Å². The van der Waals surface area contributed by atoms with Gasteiger partial charge in [0, 0.05) is 5.69 Å². The molecule has 0 saturated carbocycles. The molecule has 2 aromatic carbocycles. The smallest absolute Gasteiger partial charge is 0.259 e. The van der Waals surface area contributed by atoms with Gasteiger partial charge in [-0.1, -0.05) is 44.7 Å². The van der Waals surface area contributed by atoms with Gasteiger partial charge in [-0.2, -0.15) is 0 Å². The predicted molar refractivity (Wildman–Crippen MR) is 111 cm³/mol. The first-order valence-corrected chi connectivity index (χ1v) is 9.90. The number of para-hydroxylation sites is 1. The molecule has 2 aromatic rings. The second kappa shape index (κ2) is 11.3. The van der Waals surface area contributed by atoms with Gasteiger partial charge in [-0.3, -0.25) is 4.79 Å². The van der Waals surface area contributed by atoms with Crippen molar-refractivity contribution in [2.24, 2.45) is 0 Å². The van der Waals surface area contributed by atoms with E-state index in [1.807, 2.05) is 56.3 Å². The Bertz CT molecular complexity index is 695. The lowest BCUT2D eigenvalue weighted by Crippen LogP contribution is -2.15. The molecule has 0 bridgehead atoms. The maximum absolute atomic E-state index is 12.6. The molecule has 146 valence electrons. The van der Waals surface area contributed by atoms with E-state index < -0.39 is 0 Å². The number of unbranched alkanes of at least 4 members (excludes halogenated alkanes) is 4. The molecule has 2 rings (SSSR count). The molecule has 0 fully saturated rings. The van der Waals surface area contributed by atoms with Crippen LogP contribution in [0.4, 0.5) is 5.69 Å². The van der Waals surface area contributed by atoms with Crippen molar-refractivity contribution in [3.63, 3.8) is 0 Å². The zero-order valence-electron chi connectivity index (χ0n) is 16.7. The highest BCUT2D eigenvalue weighted by molar-refractivity contribution is 6.06. The predicted octanol–water partition coefficient (Wildman–Crippen LogP) is 6.08. The molecular formula is C23H31NO3. The Labute approximate surface area is 162 Å². The molecule has 0 saturated heterocycles. The second-order valence-corrected chi connectivity index (χ2v) is 6.90. The van der Waals surface area contributed by atoms with Gasteiger partial charge in [0.2, 0.25) is 0 Å². The third kappa shape index (κ3) is 7.33. The third-order valence-electron chi connectivity index (χ3n) is 4.12. The van der Waals surface area contributed by atoms with Gasteiger partial charge in [-0.15, -0.1) is 0 Å². The van der Waals surface area contributed by atoms with Crippen molar-refractivity contribution in [1.82, 2.24) is 0 Å². The van der Waals surface area contributed by atoms with E-state index in [4.69, 9.17) is 9.47 Å². The summed E-state index contributed by atoms with van der Waals surface area (Å²) in [4.78, 5) is 12.6. The van der Waals surface area contributed by atoms with Crippen molar-refractivity contribution in [2.45, 2.75) is 59.0 Å². The maximum atomic E-state index is 12.6. The Balaban J connectivity index is 1.86. The Morgan fingerprint density at radius 3 is 2.37 bits per heavy atom. The number of rotatable bonds is 11. The first-order chi connectivity index (χ1) is 13.1. The lowest BCUT2D eigenvalue weighted by Gasteiger charge is -2.14. The monoisotopic (exact) mass is 369 g/mol. The number of carbonyl (C=O) groups is 1. The minimum absolute atomic E-state index is 0.0114. The summed E-state index contributed by atoms with van der Waals surface area (Å²) < 4.78 is 11.5. The quantitative estimate of drug-likeness (QED) is 0.489. The number of hydrogen-bond donors (Lipinski definition) is 1. The summed E-state index contributed by atoms with van der Waals surface area (Å²) in [7, 11) is 0. The SMILES string of the molecule is CCCCCCCOc1ccc(NC(=O)c2ccccc2OC(C)C)cc1. The molecule has 0 atom stereocenters. The number of nitrogens with one attached hydrogen (secondary N) is 1. The van der Waals surface area contributed by atoms with Crippen molar-refractivity contribution in [3.05, 3.63) is 54.1 Å². The highest BCUT2D eigenvalue weighted by Gasteiger charge is 2.13. The van der Waals surface area contributed by atoms with E-state index in [-0.39, 0.29) is 12.0 Å². The number of anilines is 1. The number of amides is 1. The van der Waals surface area contributed by atoms with E-state index in [0.717, 1.165) is 24.5 Å². The van der Waals surface area contributed by atoms with Crippen LogP contribution >= 0.6 is 0 Å². The number of benzene rings is 2. The largest absolute Gasteiger partial charge is 0.494 e. The summed E-state index contributed by atoms with van der Waals surface area (Å²) in [5, 5.41) is 2.92. The molecule has 0 aliphatic carbocycles. The topological polar surface area (TPSA) is 47.6 Å². The summed E-state index contributed by atoms with van der Waals surface area (Å²) in [5.74, 6) is 1.23. The van der Waals surface area contributed by atoms with Crippen LogP contribution in [-0.2, 0) is 0 Å². The van der Waals surface area contributed by atoms with E-state index in [1.165, 1.54) is 25.7 Å². The van der Waals surface area contributed by atoms with Crippen LogP contribution < -0.4 is 14.8 Å². The van der Waals surface area contributed by atoms with Crippen molar-refractivity contribution in [2.75, 3.05) is 11.9 Å². The summed E-state index contributed by atoms with van der Waals surface area (Å²) in [6, 6.07) is 14.8. The van der Waals surface area contributed by atoms with Crippen LogP contribution in [0.15, 0.2) is 48.5 Å². The molecular weight excluding hydrogens is 338 g/mol. The highest BCUT2D eigenvalue weighted by atomic mass is 16.5. The van der Waals surface area contributed by atoms with E-state index in [1.54, 1.807) is 6.07 Å². The van der Waals surface area contributed by atoms with Crippen molar-refractivity contribution in [3.8, 4) is 11.5 Å². The lowest BCUT2D eigenvalue weighted by molar-refractivity contribution is 0.102. The molecule has 0 unspecified atom stereocenters. The molecule has 0 spiro atoms. The van der Waals surface area contributed by atoms with Crippen molar-refractivity contribution < 1.29 is 14.3 Å². The van der Waals surface area contributed by atoms with Crippen molar-refractivity contribution >= 4 is 11.6 Å². The fourth-order valence-corrected chi connectivity index (χ4v) is 2.74. The van der Waals surface area contributed by atoms with Gasteiger partial charge < -0.3 is 14.8 Å². The van der Waals surface area contributed by atoms with Gasteiger partial charge in [0.05, 0.1) is 18.3 Å². The summed E-state index contributed by atoms with van der Waals surface area (Å²) in [6.45, 7) is 6.83. The fraction of sp³-hybridized carbons (Fsp3) is 0.435. The molecule has 0 radical (unpaired) electrons. The number of ether oxygens (including phenoxy) is 2. The van der Waals surface area contributed by atoms with E-state index in [9.17, 15) is 4.79 Å². The molecule has 4 nitrogen and oxygen atoms in total. The summed E-state index contributed by atoms with van der Waals surface area (Å²) >= 11 is 0. The van der Waals surface area contributed by atoms with Gasteiger partial charge in [-0.25, -0.2) is 0 Å². The van der Waals surface area contributed by atoms with Gasteiger partial charge in [-0.05, 0) is 56.7 Å². The Kier molecular flexibility index (Phi) is 8.69. The highest BCUT2D eigenvalue weighted by Crippen LogP contribution is 2.22. The van der Waals surface area contributed by atoms with Gasteiger partial charge >= 0.3 is 0 Å².